The monoisotopic (exact) mass is 814 g/mol. The van der Waals surface area contributed by atoms with E-state index in [1.165, 1.54) is 25.2 Å². The van der Waals surface area contributed by atoms with Crippen LogP contribution in [0.2, 0.25) is 0 Å². The summed E-state index contributed by atoms with van der Waals surface area (Å²) in [5, 5.41) is 7.86. The molecular formula is C42H51N6O7PS. The highest BCUT2D eigenvalue weighted by Gasteiger charge is 2.45. The number of rotatable bonds is 13. The fraction of sp³-hybridized carbons (Fsp3) is 0.357. The largest absolute Gasteiger partial charge is 0.497 e. The maximum Gasteiger partial charge on any atom is 0.497 e. The number of hydrogen-bond donors (Lipinski definition) is 2. The number of amides is 2. The number of hydroxylamine groups is 2. The number of fused-ring (bicyclic) bond motifs is 1. The lowest BCUT2D eigenvalue weighted by atomic mass is 9.93. The zero-order chi connectivity index (χ0) is 41.8. The van der Waals surface area contributed by atoms with Crippen molar-refractivity contribution in [3.63, 3.8) is 0 Å². The van der Waals surface area contributed by atoms with Crippen LogP contribution in [0.5, 0.6) is 0 Å². The van der Waals surface area contributed by atoms with Crippen LogP contribution in [-0.2, 0) is 28.5 Å². The first kappa shape index (κ1) is 43.3. The predicted octanol–water partition coefficient (Wildman–Crippen LogP) is 11.3. The lowest BCUT2D eigenvalue weighted by Gasteiger charge is -2.40. The smallest absolute Gasteiger partial charge is 0.453 e. The van der Waals surface area contributed by atoms with Crippen LogP contribution in [0.3, 0.4) is 0 Å². The van der Waals surface area contributed by atoms with E-state index in [1.807, 2.05) is 60.7 Å². The third-order valence-electron chi connectivity index (χ3n) is 8.23. The summed E-state index contributed by atoms with van der Waals surface area (Å²) in [6, 6.07) is 25.6. The molecule has 0 radical (unpaired) electrons. The topological polar surface area (TPSA) is 154 Å². The van der Waals surface area contributed by atoms with Crippen LogP contribution < -0.4 is 10.6 Å². The van der Waals surface area contributed by atoms with Gasteiger partial charge >= 0.3 is 13.9 Å². The molecule has 3 aromatic carbocycles. The van der Waals surface area contributed by atoms with E-state index < -0.39 is 36.6 Å². The molecule has 302 valence electrons. The van der Waals surface area contributed by atoms with Gasteiger partial charge in [-0.15, -0.1) is 0 Å². The fourth-order valence-electron chi connectivity index (χ4n) is 5.55. The molecular weight excluding hydrogens is 764 g/mol. The number of carbonyl (C=O) groups excluding carboxylic acids is 2. The number of pyridine rings is 1. The van der Waals surface area contributed by atoms with Crippen LogP contribution in [-0.4, -0.2) is 50.3 Å². The molecule has 15 heteroatoms. The molecule has 13 nitrogen and oxygen atoms in total. The Bertz CT molecular complexity index is 2240. The molecule has 2 amide bonds. The number of aromatic nitrogens is 3. The van der Waals surface area contributed by atoms with Crippen molar-refractivity contribution in [2.45, 2.75) is 102 Å². The van der Waals surface area contributed by atoms with Gasteiger partial charge in [-0.25, -0.2) is 24.3 Å². The van der Waals surface area contributed by atoms with Gasteiger partial charge in [0, 0.05) is 26.7 Å². The van der Waals surface area contributed by atoms with Gasteiger partial charge in [0.1, 0.15) is 12.1 Å². The van der Waals surface area contributed by atoms with Crippen LogP contribution in [0.15, 0.2) is 101 Å². The van der Waals surface area contributed by atoms with E-state index in [0.717, 1.165) is 20.5 Å². The molecule has 5 aromatic rings. The number of ether oxygens (including phenoxy) is 1. The Labute approximate surface area is 338 Å². The third-order valence-corrected chi connectivity index (χ3v) is 11.2. The Balaban J connectivity index is 1.63. The molecule has 0 aliphatic heterocycles. The molecule has 0 aliphatic carbocycles. The van der Waals surface area contributed by atoms with E-state index >= 15 is 0 Å². The number of phosphoric ester groups is 1. The van der Waals surface area contributed by atoms with Crippen molar-refractivity contribution in [3.05, 3.63) is 108 Å². The molecule has 0 fully saturated rings. The summed E-state index contributed by atoms with van der Waals surface area (Å²) >= 11 is 1.43. The van der Waals surface area contributed by atoms with Gasteiger partial charge in [-0.05, 0) is 121 Å². The van der Waals surface area contributed by atoms with Crippen LogP contribution >= 0.6 is 19.6 Å². The summed E-state index contributed by atoms with van der Waals surface area (Å²) in [6.07, 6.45) is 0.866. The Morgan fingerprint density at radius 1 is 0.825 bits per heavy atom. The molecule has 2 aromatic heterocycles. The van der Waals surface area contributed by atoms with Crippen LogP contribution in [0, 0.1) is 0 Å². The highest BCUT2D eigenvalue weighted by atomic mass is 32.2. The third kappa shape index (κ3) is 11.4. The van der Waals surface area contributed by atoms with E-state index in [9.17, 15) is 14.2 Å². The molecule has 2 N–H and O–H groups in total. The number of carbonyl (C=O) groups is 2. The Hall–Kier alpha value is -4.85. The summed E-state index contributed by atoms with van der Waals surface area (Å²) in [6.45, 7) is 18.1. The highest BCUT2D eigenvalue weighted by molar-refractivity contribution is 7.99. The molecule has 0 unspecified atom stereocenters. The van der Waals surface area contributed by atoms with E-state index in [2.05, 4.69) is 34.4 Å². The average molecular weight is 815 g/mol. The molecule has 57 heavy (non-hydrogen) atoms. The van der Waals surface area contributed by atoms with E-state index in [4.69, 9.17) is 23.4 Å². The second-order valence-electron chi connectivity index (χ2n) is 16.0. The summed E-state index contributed by atoms with van der Waals surface area (Å²) in [7, 11) is -3.16. The van der Waals surface area contributed by atoms with Gasteiger partial charge in [-0.1, -0.05) is 55.9 Å². The van der Waals surface area contributed by atoms with Crippen LogP contribution in [0.4, 0.5) is 22.0 Å². The standard InChI is InChI=1S/C42H51N6O7PS/c1-27(2)33-23-22-32-36(46-33)43-26-44-37(32)47-34-25-28(17-24-35(34)57-31-20-18-30(19-21-31)45-39(50)52-11)38(49)48(42(9,10)29-15-13-12-14-16-29)55-56(51,53-40(3,4)5)54-41(6,7)8/h12-27H,1-11H3,(H,45,50)(H,43,44,46,47). The lowest BCUT2D eigenvalue weighted by molar-refractivity contribution is -0.137. The predicted molar refractivity (Wildman–Crippen MR) is 224 cm³/mol. The number of nitrogens with one attached hydrogen (secondary N) is 2. The molecule has 5 rings (SSSR count). The summed E-state index contributed by atoms with van der Waals surface area (Å²) in [4.78, 5) is 42.1. The molecule has 0 spiro atoms. The molecule has 0 saturated heterocycles. The maximum atomic E-state index is 15.0. The van der Waals surface area contributed by atoms with Crippen molar-refractivity contribution in [1.82, 2.24) is 20.0 Å². The van der Waals surface area contributed by atoms with Gasteiger partial charge in [0.25, 0.3) is 5.91 Å². The van der Waals surface area contributed by atoms with Crippen molar-refractivity contribution in [3.8, 4) is 0 Å². The second kappa shape index (κ2) is 17.3. The normalized spacial score (nSPS) is 12.4. The molecule has 2 heterocycles. The van der Waals surface area contributed by atoms with Crippen LogP contribution in [0.25, 0.3) is 11.0 Å². The van der Waals surface area contributed by atoms with E-state index in [0.29, 0.717) is 33.8 Å². The minimum atomic E-state index is -4.46. The summed E-state index contributed by atoms with van der Waals surface area (Å²) in [5.41, 5.74) is 0.343. The van der Waals surface area contributed by atoms with Gasteiger partial charge < -0.3 is 10.1 Å². The van der Waals surface area contributed by atoms with Gasteiger partial charge in [0.15, 0.2) is 5.65 Å². The van der Waals surface area contributed by atoms with Crippen molar-refractivity contribution in [2.24, 2.45) is 0 Å². The number of methoxy groups -OCH3 is 1. The Morgan fingerprint density at radius 3 is 2.07 bits per heavy atom. The number of nitrogens with zero attached hydrogens (tertiary/aromatic N) is 4. The number of phosphoric acid groups is 1. The van der Waals surface area contributed by atoms with Crippen molar-refractivity contribution in [1.29, 1.82) is 0 Å². The van der Waals surface area contributed by atoms with Gasteiger partial charge in [-0.3, -0.25) is 19.2 Å². The zero-order valence-electron chi connectivity index (χ0n) is 34.2. The first-order chi connectivity index (χ1) is 26.7. The second-order valence-corrected chi connectivity index (χ2v) is 18.6. The quantitative estimate of drug-likeness (QED) is 0.0858. The molecule has 0 aliphatic rings. The first-order valence-electron chi connectivity index (χ1n) is 18.4. The average Bonchev–Trinajstić information content (AvgIpc) is 3.13. The Morgan fingerprint density at radius 2 is 1.47 bits per heavy atom. The molecule has 0 bridgehead atoms. The zero-order valence-corrected chi connectivity index (χ0v) is 36.0. The first-order valence-corrected chi connectivity index (χ1v) is 20.7. The number of hydrogen-bond acceptors (Lipinski definition) is 12. The minimum absolute atomic E-state index is 0.198. The molecule has 0 atom stereocenters. The Kier molecular flexibility index (Phi) is 13.2. The van der Waals surface area contributed by atoms with Gasteiger partial charge in [-0.2, -0.15) is 9.69 Å². The summed E-state index contributed by atoms with van der Waals surface area (Å²) < 4.78 is 37.5. The maximum absolute atomic E-state index is 15.0. The highest BCUT2D eigenvalue weighted by Crippen LogP contribution is 2.57. The van der Waals surface area contributed by atoms with Crippen molar-refractivity contribution >= 4 is 59.8 Å². The van der Waals surface area contributed by atoms with Crippen LogP contribution in [0.1, 0.15) is 96.8 Å². The van der Waals surface area contributed by atoms with Crippen molar-refractivity contribution < 1.29 is 32.6 Å². The van der Waals surface area contributed by atoms with E-state index in [-0.39, 0.29) is 11.5 Å². The molecule has 0 saturated carbocycles. The van der Waals surface area contributed by atoms with Gasteiger partial charge in [0.2, 0.25) is 0 Å². The van der Waals surface area contributed by atoms with Gasteiger partial charge in [0.05, 0.1) is 34.9 Å². The minimum Gasteiger partial charge on any atom is -0.453 e. The number of anilines is 3. The lowest BCUT2D eigenvalue weighted by Crippen LogP contribution is -2.46. The van der Waals surface area contributed by atoms with Crippen molar-refractivity contribution in [2.75, 3.05) is 17.7 Å². The summed E-state index contributed by atoms with van der Waals surface area (Å²) in [5.74, 6) is 0.0721. The van der Waals surface area contributed by atoms with E-state index in [1.54, 1.807) is 79.7 Å². The number of benzene rings is 3. The SMILES string of the molecule is COC(=O)Nc1ccc(Sc2ccc(C(=O)N(OP(=O)(OC(C)(C)C)OC(C)(C)C)C(C)(C)c3ccccc3)cc2Nc2ncnc3nc(C(C)C)ccc23)cc1. The fourth-order valence-corrected chi connectivity index (χ4v) is 8.36.